The molecule has 2 unspecified atom stereocenters. The highest BCUT2D eigenvalue weighted by atomic mass is 79.9. The van der Waals surface area contributed by atoms with Crippen molar-refractivity contribution in [3.8, 4) is 0 Å². The maximum atomic E-state index is 3.65. The van der Waals surface area contributed by atoms with E-state index in [0.29, 0.717) is 12.1 Å². The summed E-state index contributed by atoms with van der Waals surface area (Å²) in [5.74, 6) is 0. The largest absolute Gasteiger partial charge is 0.343 e. The van der Waals surface area contributed by atoms with E-state index in [1.807, 2.05) is 0 Å². The van der Waals surface area contributed by atoms with Crippen molar-refractivity contribution in [2.45, 2.75) is 45.8 Å². The molecule has 1 saturated heterocycles. The molecular formula is C19H27BrClN3. The molecule has 0 aliphatic carbocycles. The van der Waals surface area contributed by atoms with Gasteiger partial charge in [-0.1, -0.05) is 29.8 Å². The van der Waals surface area contributed by atoms with Crippen LogP contribution in [0, 0.1) is 6.92 Å². The quantitative estimate of drug-likeness (QED) is 0.714. The molecule has 2 atom stereocenters. The Hall–Kier alpha value is -0.550. The average molecular weight is 413 g/mol. The highest BCUT2D eigenvalue weighted by Gasteiger charge is 2.41. The molecular weight excluding hydrogens is 386 g/mol. The molecule has 0 spiro atoms. The Morgan fingerprint density at radius 2 is 1.79 bits per heavy atom. The van der Waals surface area contributed by atoms with E-state index in [4.69, 9.17) is 0 Å². The number of nitrogens with zero attached hydrogens (tertiary/aromatic N) is 3. The lowest BCUT2D eigenvalue weighted by Crippen LogP contribution is -2.57. The first kappa shape index (κ1) is 18.2. The lowest BCUT2D eigenvalue weighted by atomic mass is 9.90. The maximum Gasteiger partial charge on any atom is 0.0661 e. The summed E-state index contributed by atoms with van der Waals surface area (Å²) >= 11 is 3.65. The van der Waals surface area contributed by atoms with Crippen molar-refractivity contribution < 1.29 is 0 Å². The van der Waals surface area contributed by atoms with E-state index in [0.717, 1.165) is 13.1 Å². The minimum absolute atomic E-state index is 0. The van der Waals surface area contributed by atoms with Crippen LogP contribution in [0.1, 0.15) is 37.6 Å². The Morgan fingerprint density at radius 3 is 2.50 bits per heavy atom. The van der Waals surface area contributed by atoms with Crippen molar-refractivity contribution in [2.75, 3.05) is 26.2 Å². The highest BCUT2D eigenvalue weighted by molar-refractivity contribution is 9.10. The topological polar surface area (TPSA) is 11.4 Å². The number of hydrogen-bond donors (Lipinski definition) is 0. The summed E-state index contributed by atoms with van der Waals surface area (Å²) in [6, 6.07) is 7.98. The van der Waals surface area contributed by atoms with E-state index in [-0.39, 0.29) is 12.4 Å². The summed E-state index contributed by atoms with van der Waals surface area (Å²) in [4.78, 5) is 5.40. The monoisotopic (exact) mass is 411 g/mol. The Kier molecular flexibility index (Phi) is 5.31. The third-order valence-corrected chi connectivity index (χ3v) is 6.46. The molecule has 4 rings (SSSR count). The van der Waals surface area contributed by atoms with Crippen molar-refractivity contribution in [2.24, 2.45) is 0 Å². The minimum atomic E-state index is 0. The van der Waals surface area contributed by atoms with Crippen LogP contribution in [0.15, 0.2) is 22.7 Å². The molecule has 0 amide bonds. The number of rotatable bonds is 2. The standard InChI is InChI=1S/C19H26BrN3.ClH/c1-4-21-10-11-22(5-2)19-17(21)8-9-23-16-7-6-14(20)12-15(16)13(3)18(19)23;/h6-7,12,17,19H,4-5,8-11H2,1-3H3;1H. The summed E-state index contributed by atoms with van der Waals surface area (Å²) in [6.07, 6.45) is 1.27. The number of benzene rings is 1. The number of halogens is 2. The second kappa shape index (κ2) is 6.99. The molecule has 3 nitrogen and oxygen atoms in total. The molecule has 5 heteroatoms. The maximum absolute atomic E-state index is 3.65. The van der Waals surface area contributed by atoms with Gasteiger partial charge in [0.25, 0.3) is 0 Å². The van der Waals surface area contributed by atoms with Gasteiger partial charge >= 0.3 is 0 Å². The van der Waals surface area contributed by atoms with Crippen LogP contribution in [-0.4, -0.2) is 46.6 Å². The third-order valence-electron chi connectivity index (χ3n) is 5.97. The Morgan fingerprint density at radius 1 is 1.08 bits per heavy atom. The lowest BCUT2D eigenvalue weighted by molar-refractivity contribution is 0.00431. The molecule has 24 heavy (non-hydrogen) atoms. The van der Waals surface area contributed by atoms with Gasteiger partial charge in [-0.3, -0.25) is 9.80 Å². The van der Waals surface area contributed by atoms with Crippen molar-refractivity contribution in [3.63, 3.8) is 0 Å². The van der Waals surface area contributed by atoms with Crippen LogP contribution in [0.5, 0.6) is 0 Å². The van der Waals surface area contributed by atoms with Crippen LogP contribution in [0.25, 0.3) is 10.9 Å². The molecule has 1 aromatic heterocycles. The molecule has 132 valence electrons. The number of piperazine rings is 1. The fourth-order valence-electron chi connectivity index (χ4n) is 4.85. The summed E-state index contributed by atoms with van der Waals surface area (Å²) in [5.41, 5.74) is 4.45. The molecule has 2 aliphatic heterocycles. The van der Waals surface area contributed by atoms with Gasteiger partial charge in [0.2, 0.25) is 0 Å². The van der Waals surface area contributed by atoms with Crippen molar-refractivity contribution in [3.05, 3.63) is 33.9 Å². The predicted octanol–water partition coefficient (Wildman–Crippen LogP) is 4.60. The van der Waals surface area contributed by atoms with Gasteiger partial charge < -0.3 is 4.57 Å². The van der Waals surface area contributed by atoms with Gasteiger partial charge in [-0.15, -0.1) is 12.4 Å². The normalized spacial score (nSPS) is 24.5. The Bertz CT molecular complexity index is 742. The summed E-state index contributed by atoms with van der Waals surface area (Å²) in [7, 11) is 0. The zero-order valence-corrected chi connectivity index (χ0v) is 17.2. The molecule has 1 fully saturated rings. The van der Waals surface area contributed by atoms with E-state index < -0.39 is 0 Å². The minimum Gasteiger partial charge on any atom is -0.343 e. The van der Waals surface area contributed by atoms with Crippen molar-refractivity contribution in [1.82, 2.24) is 14.4 Å². The summed E-state index contributed by atoms with van der Waals surface area (Å²) < 4.78 is 3.78. The summed E-state index contributed by atoms with van der Waals surface area (Å²) in [5, 5.41) is 1.42. The lowest BCUT2D eigenvalue weighted by Gasteiger charge is -2.50. The van der Waals surface area contributed by atoms with Crippen molar-refractivity contribution >= 4 is 39.2 Å². The number of aromatic nitrogens is 1. The summed E-state index contributed by atoms with van der Waals surface area (Å²) in [6.45, 7) is 12.8. The first-order valence-corrected chi connectivity index (χ1v) is 9.71. The number of likely N-dealkylation sites (N-methyl/N-ethyl adjacent to an activating group) is 2. The zero-order chi connectivity index (χ0) is 16.1. The molecule has 1 aromatic carbocycles. The van der Waals surface area contributed by atoms with E-state index >= 15 is 0 Å². The van der Waals surface area contributed by atoms with Crippen LogP contribution >= 0.6 is 28.3 Å². The van der Waals surface area contributed by atoms with Gasteiger partial charge in [0, 0.05) is 46.7 Å². The van der Waals surface area contributed by atoms with Crippen molar-refractivity contribution in [1.29, 1.82) is 0 Å². The number of aryl methyl sites for hydroxylation is 2. The number of fused-ring (bicyclic) bond motifs is 5. The highest BCUT2D eigenvalue weighted by Crippen LogP contribution is 2.42. The van der Waals surface area contributed by atoms with Gasteiger partial charge in [-0.25, -0.2) is 0 Å². The zero-order valence-electron chi connectivity index (χ0n) is 14.8. The van der Waals surface area contributed by atoms with Gasteiger partial charge in [-0.05, 0) is 50.2 Å². The second-order valence-electron chi connectivity index (χ2n) is 6.88. The molecule has 2 aliphatic rings. The Labute approximate surface area is 159 Å². The molecule has 2 aromatic rings. The van der Waals surface area contributed by atoms with E-state index in [9.17, 15) is 0 Å². The smallest absolute Gasteiger partial charge is 0.0661 e. The van der Waals surface area contributed by atoms with Gasteiger partial charge in [0.1, 0.15) is 0 Å². The molecule has 0 saturated carbocycles. The number of hydrogen-bond acceptors (Lipinski definition) is 2. The SMILES string of the molecule is CCN1CCN(CC)C2c3c(C)c4cc(Br)ccc4n3CCC21.Cl. The molecule has 0 N–H and O–H groups in total. The van der Waals surface area contributed by atoms with Crippen LogP contribution in [0.2, 0.25) is 0 Å². The fourth-order valence-corrected chi connectivity index (χ4v) is 5.21. The van der Waals surface area contributed by atoms with Crippen LogP contribution in [0.4, 0.5) is 0 Å². The van der Waals surface area contributed by atoms with Gasteiger partial charge in [-0.2, -0.15) is 0 Å². The van der Waals surface area contributed by atoms with Crippen LogP contribution < -0.4 is 0 Å². The van der Waals surface area contributed by atoms with E-state index in [1.54, 1.807) is 5.69 Å². The predicted molar refractivity (Wildman–Crippen MR) is 107 cm³/mol. The first-order valence-electron chi connectivity index (χ1n) is 8.92. The second-order valence-corrected chi connectivity index (χ2v) is 7.80. The van der Waals surface area contributed by atoms with Gasteiger partial charge in [0.15, 0.2) is 0 Å². The third kappa shape index (κ3) is 2.63. The van der Waals surface area contributed by atoms with Crippen LogP contribution in [0.3, 0.4) is 0 Å². The molecule has 0 radical (unpaired) electrons. The van der Waals surface area contributed by atoms with Gasteiger partial charge in [0.05, 0.1) is 6.04 Å². The molecule has 0 bridgehead atoms. The average Bonchev–Trinajstić information content (AvgIpc) is 2.86. The first-order chi connectivity index (χ1) is 11.2. The fraction of sp³-hybridized carbons (Fsp3) is 0.579. The van der Waals surface area contributed by atoms with E-state index in [2.05, 4.69) is 69.3 Å². The van der Waals surface area contributed by atoms with Crippen LogP contribution in [-0.2, 0) is 6.54 Å². The van der Waals surface area contributed by atoms with E-state index in [1.165, 1.54) is 47.0 Å². The Balaban J connectivity index is 0.00000169. The molecule has 3 heterocycles.